The van der Waals surface area contributed by atoms with Crippen molar-refractivity contribution in [1.29, 1.82) is 0 Å². The van der Waals surface area contributed by atoms with Crippen molar-refractivity contribution in [3.05, 3.63) is 39.2 Å². The lowest BCUT2D eigenvalue weighted by atomic mass is 10.1. The first-order valence-corrected chi connectivity index (χ1v) is 5.14. The second kappa shape index (κ2) is 3.67. The van der Waals surface area contributed by atoms with Crippen molar-refractivity contribution < 1.29 is 9.15 Å². The van der Waals surface area contributed by atoms with Crippen LogP contribution in [0.25, 0.3) is 11.0 Å². The number of aryl methyl sites for hydroxylation is 2. The summed E-state index contributed by atoms with van der Waals surface area (Å²) in [5.41, 5.74) is 2.18. The molecule has 0 spiro atoms. The minimum Gasteiger partial charge on any atom is -0.496 e. The van der Waals surface area contributed by atoms with Crippen molar-refractivity contribution in [1.82, 2.24) is 0 Å². The second-order valence-electron chi connectivity index (χ2n) is 3.88. The van der Waals surface area contributed by atoms with Gasteiger partial charge in [-0.2, -0.15) is 0 Å². The van der Waals surface area contributed by atoms with Crippen molar-refractivity contribution in [3.63, 3.8) is 0 Å². The Morgan fingerprint density at radius 3 is 2.44 bits per heavy atom. The Labute approximate surface area is 93.7 Å². The van der Waals surface area contributed by atoms with Gasteiger partial charge in [0.1, 0.15) is 17.1 Å². The summed E-state index contributed by atoms with van der Waals surface area (Å²) in [6.45, 7) is 5.47. The third-order valence-corrected chi connectivity index (χ3v) is 2.94. The lowest BCUT2D eigenvalue weighted by Gasteiger charge is -2.08. The van der Waals surface area contributed by atoms with E-state index in [9.17, 15) is 4.79 Å². The molecule has 0 amide bonds. The molecule has 1 aromatic heterocycles. The van der Waals surface area contributed by atoms with E-state index in [0.717, 1.165) is 11.3 Å². The number of hydrogen-bond acceptors (Lipinski definition) is 3. The third kappa shape index (κ3) is 1.40. The van der Waals surface area contributed by atoms with Gasteiger partial charge in [-0.15, -0.1) is 0 Å². The molecule has 2 aromatic rings. The van der Waals surface area contributed by atoms with E-state index >= 15 is 0 Å². The Bertz CT molecular complexity index is 609. The van der Waals surface area contributed by atoms with E-state index in [1.165, 1.54) is 0 Å². The normalized spacial score (nSPS) is 10.8. The fourth-order valence-electron chi connectivity index (χ4n) is 1.80. The molecule has 3 heteroatoms. The zero-order valence-corrected chi connectivity index (χ0v) is 9.88. The predicted molar refractivity (Wildman–Crippen MR) is 63.2 cm³/mol. The lowest BCUT2D eigenvalue weighted by Crippen LogP contribution is -2.08. The zero-order chi connectivity index (χ0) is 11.9. The molecule has 2 rings (SSSR count). The summed E-state index contributed by atoms with van der Waals surface area (Å²) < 4.78 is 10.9. The summed E-state index contributed by atoms with van der Waals surface area (Å²) in [5, 5.41) is 0.612. The van der Waals surface area contributed by atoms with E-state index in [-0.39, 0.29) is 5.43 Å². The summed E-state index contributed by atoms with van der Waals surface area (Å²) >= 11 is 0. The molecule has 0 radical (unpaired) electrons. The summed E-state index contributed by atoms with van der Waals surface area (Å²) in [6.07, 6.45) is 0. The smallest absolute Gasteiger partial charge is 0.195 e. The standard InChI is InChI=1S/C13H14O3/c1-7-9(3)16-13-8(2)11(15-4)6-5-10(13)12(7)14/h5-6H,1-4H3. The highest BCUT2D eigenvalue weighted by atomic mass is 16.5. The summed E-state index contributed by atoms with van der Waals surface area (Å²) in [5.74, 6) is 1.40. The maximum Gasteiger partial charge on any atom is 0.195 e. The van der Waals surface area contributed by atoms with Gasteiger partial charge in [-0.25, -0.2) is 0 Å². The van der Waals surface area contributed by atoms with Crippen LogP contribution in [0.15, 0.2) is 21.3 Å². The fraction of sp³-hybridized carbons (Fsp3) is 0.308. The minimum absolute atomic E-state index is 0.0319. The number of ether oxygens (including phenoxy) is 1. The Kier molecular flexibility index (Phi) is 2.46. The van der Waals surface area contributed by atoms with Gasteiger partial charge in [0.05, 0.1) is 12.5 Å². The first-order valence-electron chi connectivity index (χ1n) is 5.14. The second-order valence-corrected chi connectivity index (χ2v) is 3.88. The number of fused-ring (bicyclic) bond motifs is 1. The third-order valence-electron chi connectivity index (χ3n) is 2.94. The molecular weight excluding hydrogens is 204 g/mol. The van der Waals surface area contributed by atoms with Crippen LogP contribution in [0.2, 0.25) is 0 Å². The van der Waals surface area contributed by atoms with E-state index in [0.29, 0.717) is 22.3 Å². The van der Waals surface area contributed by atoms with Crippen molar-refractivity contribution in [2.75, 3.05) is 7.11 Å². The largest absolute Gasteiger partial charge is 0.496 e. The lowest BCUT2D eigenvalue weighted by molar-refractivity contribution is 0.410. The van der Waals surface area contributed by atoms with Gasteiger partial charge in [-0.05, 0) is 32.9 Å². The molecule has 0 atom stereocenters. The van der Waals surface area contributed by atoms with Crippen LogP contribution >= 0.6 is 0 Å². The maximum atomic E-state index is 12.0. The van der Waals surface area contributed by atoms with Gasteiger partial charge in [0.2, 0.25) is 0 Å². The first kappa shape index (κ1) is 10.7. The molecule has 0 N–H and O–H groups in total. The topological polar surface area (TPSA) is 39.4 Å². The number of methoxy groups -OCH3 is 1. The van der Waals surface area contributed by atoms with Gasteiger partial charge in [0.15, 0.2) is 5.43 Å². The van der Waals surface area contributed by atoms with Crippen molar-refractivity contribution in [2.45, 2.75) is 20.8 Å². The summed E-state index contributed by atoms with van der Waals surface area (Å²) in [7, 11) is 1.60. The molecule has 0 fully saturated rings. The number of rotatable bonds is 1. The van der Waals surface area contributed by atoms with E-state index in [1.807, 2.05) is 6.92 Å². The molecule has 3 nitrogen and oxygen atoms in total. The van der Waals surface area contributed by atoms with Crippen molar-refractivity contribution >= 4 is 11.0 Å². The van der Waals surface area contributed by atoms with Gasteiger partial charge in [-0.3, -0.25) is 4.79 Å². The van der Waals surface area contributed by atoms with Crippen LogP contribution in [0.1, 0.15) is 16.9 Å². The quantitative estimate of drug-likeness (QED) is 0.738. The van der Waals surface area contributed by atoms with Crippen molar-refractivity contribution in [2.24, 2.45) is 0 Å². The molecule has 0 aliphatic heterocycles. The molecule has 0 bridgehead atoms. The zero-order valence-electron chi connectivity index (χ0n) is 9.88. The molecular formula is C13H14O3. The predicted octanol–water partition coefficient (Wildman–Crippen LogP) is 2.73. The van der Waals surface area contributed by atoms with Crippen LogP contribution in [-0.4, -0.2) is 7.11 Å². The number of benzene rings is 1. The van der Waals surface area contributed by atoms with Crippen LogP contribution in [0.5, 0.6) is 5.75 Å². The monoisotopic (exact) mass is 218 g/mol. The van der Waals surface area contributed by atoms with Gasteiger partial charge in [0.25, 0.3) is 0 Å². The molecule has 16 heavy (non-hydrogen) atoms. The fourth-order valence-corrected chi connectivity index (χ4v) is 1.80. The minimum atomic E-state index is 0.0319. The highest BCUT2D eigenvalue weighted by Crippen LogP contribution is 2.26. The first-order chi connectivity index (χ1) is 7.56. The SMILES string of the molecule is COc1ccc2c(=O)c(C)c(C)oc2c1C. The van der Waals surface area contributed by atoms with Gasteiger partial charge in [0, 0.05) is 11.1 Å². The molecule has 0 unspecified atom stereocenters. The van der Waals surface area contributed by atoms with E-state index in [1.54, 1.807) is 33.1 Å². The molecule has 0 saturated heterocycles. The molecule has 0 aliphatic rings. The maximum absolute atomic E-state index is 12.0. The summed E-state index contributed by atoms with van der Waals surface area (Å²) in [4.78, 5) is 12.0. The van der Waals surface area contributed by atoms with E-state index in [4.69, 9.17) is 9.15 Å². The van der Waals surface area contributed by atoms with Gasteiger partial charge < -0.3 is 9.15 Å². The molecule has 0 aliphatic carbocycles. The van der Waals surface area contributed by atoms with E-state index < -0.39 is 0 Å². The Balaban J connectivity index is 2.96. The Morgan fingerprint density at radius 2 is 1.81 bits per heavy atom. The van der Waals surface area contributed by atoms with Crippen LogP contribution < -0.4 is 10.2 Å². The molecule has 1 heterocycles. The number of hydrogen-bond donors (Lipinski definition) is 0. The molecule has 0 saturated carbocycles. The van der Waals surface area contributed by atoms with Crippen LogP contribution in [-0.2, 0) is 0 Å². The van der Waals surface area contributed by atoms with E-state index in [2.05, 4.69) is 0 Å². The summed E-state index contributed by atoms with van der Waals surface area (Å²) in [6, 6.07) is 3.54. The van der Waals surface area contributed by atoms with Crippen LogP contribution in [0.4, 0.5) is 0 Å². The molecule has 84 valence electrons. The average molecular weight is 218 g/mol. The van der Waals surface area contributed by atoms with Crippen LogP contribution in [0.3, 0.4) is 0 Å². The Hall–Kier alpha value is -1.77. The average Bonchev–Trinajstić information content (AvgIpc) is 2.28. The Morgan fingerprint density at radius 1 is 1.12 bits per heavy atom. The van der Waals surface area contributed by atoms with Crippen molar-refractivity contribution in [3.8, 4) is 5.75 Å². The van der Waals surface area contributed by atoms with Gasteiger partial charge >= 0.3 is 0 Å². The highest BCUT2D eigenvalue weighted by molar-refractivity contribution is 5.82. The highest BCUT2D eigenvalue weighted by Gasteiger charge is 2.12. The van der Waals surface area contributed by atoms with Crippen LogP contribution in [0, 0.1) is 20.8 Å². The molecule has 1 aromatic carbocycles. The van der Waals surface area contributed by atoms with Gasteiger partial charge in [-0.1, -0.05) is 0 Å².